The molecule has 16 heavy (non-hydrogen) atoms. The monoisotopic (exact) mass is 237 g/mol. The van der Waals surface area contributed by atoms with Crippen LogP contribution in [0, 0.1) is 5.92 Å². The molecule has 1 aromatic rings. The number of hydrogen-bond donors (Lipinski definition) is 1. The molecule has 0 heterocycles. The van der Waals surface area contributed by atoms with Crippen LogP contribution in [0.15, 0.2) is 24.3 Å². The van der Waals surface area contributed by atoms with Crippen LogP contribution in [0.1, 0.15) is 31.2 Å². The Bertz CT molecular complexity index is 391. The molecule has 2 rings (SSSR count). The van der Waals surface area contributed by atoms with Crippen LogP contribution in [-0.4, -0.2) is 12.5 Å². The summed E-state index contributed by atoms with van der Waals surface area (Å²) in [6, 6.07) is 7.79. The summed E-state index contributed by atoms with van der Waals surface area (Å²) in [7, 11) is 0. The highest BCUT2D eigenvalue weighted by Crippen LogP contribution is 2.49. The first-order valence-electron chi connectivity index (χ1n) is 5.76. The van der Waals surface area contributed by atoms with Crippen molar-refractivity contribution in [1.29, 1.82) is 0 Å². The molecular weight excluding hydrogens is 222 g/mol. The summed E-state index contributed by atoms with van der Waals surface area (Å²) in [5.74, 6) is 0.628. The Morgan fingerprint density at radius 2 is 2.25 bits per heavy atom. The fraction of sp³-hybridized carbons (Fsp3) is 0.462. The zero-order valence-electron chi connectivity index (χ0n) is 9.37. The molecule has 0 radical (unpaired) electrons. The van der Waals surface area contributed by atoms with Crippen LogP contribution in [0.3, 0.4) is 0 Å². The van der Waals surface area contributed by atoms with Gasteiger partial charge in [-0.05, 0) is 30.4 Å². The quantitative estimate of drug-likeness (QED) is 0.857. The SMILES string of the molecule is CCCNC(=O)C1CC1c1ccccc1Cl. The molecule has 1 amide bonds. The summed E-state index contributed by atoms with van der Waals surface area (Å²) in [6.07, 6.45) is 1.91. The fourth-order valence-corrected chi connectivity index (χ4v) is 2.26. The summed E-state index contributed by atoms with van der Waals surface area (Å²) in [5, 5.41) is 3.71. The minimum atomic E-state index is 0.131. The van der Waals surface area contributed by atoms with Crippen molar-refractivity contribution in [3.05, 3.63) is 34.9 Å². The number of hydrogen-bond acceptors (Lipinski definition) is 1. The summed E-state index contributed by atoms with van der Waals surface area (Å²) in [4.78, 5) is 11.7. The number of amides is 1. The van der Waals surface area contributed by atoms with E-state index in [9.17, 15) is 4.79 Å². The molecule has 1 aromatic carbocycles. The standard InChI is InChI=1S/C13H16ClNO/c1-2-7-15-13(16)11-8-10(11)9-5-3-4-6-12(9)14/h3-6,10-11H,2,7-8H2,1H3,(H,15,16). The normalized spacial score (nSPS) is 22.9. The third-order valence-corrected chi connectivity index (χ3v) is 3.33. The summed E-state index contributed by atoms with van der Waals surface area (Å²) < 4.78 is 0. The summed E-state index contributed by atoms with van der Waals surface area (Å²) in [6.45, 7) is 2.82. The van der Waals surface area contributed by atoms with Crippen LogP contribution < -0.4 is 5.32 Å². The van der Waals surface area contributed by atoms with Gasteiger partial charge in [0, 0.05) is 17.5 Å². The molecule has 0 spiro atoms. The van der Waals surface area contributed by atoms with E-state index in [0.717, 1.165) is 30.0 Å². The lowest BCUT2D eigenvalue weighted by Gasteiger charge is -2.04. The minimum absolute atomic E-state index is 0.131. The summed E-state index contributed by atoms with van der Waals surface area (Å²) in [5.41, 5.74) is 1.11. The van der Waals surface area contributed by atoms with Crippen molar-refractivity contribution in [3.63, 3.8) is 0 Å². The van der Waals surface area contributed by atoms with Gasteiger partial charge in [0.05, 0.1) is 0 Å². The van der Waals surface area contributed by atoms with Gasteiger partial charge in [-0.15, -0.1) is 0 Å². The minimum Gasteiger partial charge on any atom is -0.356 e. The highest BCUT2D eigenvalue weighted by atomic mass is 35.5. The van der Waals surface area contributed by atoms with Gasteiger partial charge >= 0.3 is 0 Å². The molecule has 0 saturated heterocycles. The van der Waals surface area contributed by atoms with Crippen molar-refractivity contribution in [3.8, 4) is 0 Å². The molecule has 0 aromatic heterocycles. The van der Waals surface area contributed by atoms with E-state index < -0.39 is 0 Å². The Balaban J connectivity index is 1.96. The Morgan fingerprint density at radius 3 is 2.94 bits per heavy atom. The molecule has 2 nitrogen and oxygen atoms in total. The second-order valence-electron chi connectivity index (χ2n) is 4.26. The first kappa shape index (κ1) is 11.5. The highest BCUT2D eigenvalue weighted by molar-refractivity contribution is 6.31. The topological polar surface area (TPSA) is 29.1 Å². The lowest BCUT2D eigenvalue weighted by molar-refractivity contribution is -0.122. The molecule has 1 N–H and O–H groups in total. The lowest BCUT2D eigenvalue weighted by Crippen LogP contribution is -2.25. The average molecular weight is 238 g/mol. The van der Waals surface area contributed by atoms with E-state index in [4.69, 9.17) is 11.6 Å². The first-order chi connectivity index (χ1) is 7.74. The van der Waals surface area contributed by atoms with Crippen LogP contribution in [0.5, 0.6) is 0 Å². The van der Waals surface area contributed by atoms with Crippen LogP contribution in [0.25, 0.3) is 0 Å². The third kappa shape index (κ3) is 2.38. The van der Waals surface area contributed by atoms with Crippen LogP contribution in [-0.2, 0) is 4.79 Å². The Kier molecular flexibility index (Phi) is 3.49. The van der Waals surface area contributed by atoms with Gasteiger partial charge in [-0.1, -0.05) is 36.7 Å². The maximum absolute atomic E-state index is 11.7. The number of halogens is 1. The zero-order valence-corrected chi connectivity index (χ0v) is 10.1. The van der Waals surface area contributed by atoms with Gasteiger partial charge in [0.25, 0.3) is 0 Å². The van der Waals surface area contributed by atoms with E-state index in [1.54, 1.807) is 0 Å². The largest absolute Gasteiger partial charge is 0.356 e. The van der Waals surface area contributed by atoms with Crippen LogP contribution >= 0.6 is 11.6 Å². The van der Waals surface area contributed by atoms with Gasteiger partial charge in [0.1, 0.15) is 0 Å². The van der Waals surface area contributed by atoms with E-state index in [2.05, 4.69) is 12.2 Å². The maximum atomic E-state index is 11.7. The van der Waals surface area contributed by atoms with Crippen molar-refractivity contribution in [2.75, 3.05) is 6.54 Å². The number of carbonyl (C=O) groups is 1. The summed E-state index contributed by atoms with van der Waals surface area (Å²) >= 11 is 6.10. The average Bonchev–Trinajstić information content (AvgIpc) is 3.06. The van der Waals surface area contributed by atoms with E-state index in [1.807, 2.05) is 24.3 Å². The van der Waals surface area contributed by atoms with Crippen LogP contribution in [0.2, 0.25) is 5.02 Å². The van der Waals surface area contributed by atoms with Gasteiger partial charge in [0.2, 0.25) is 5.91 Å². The van der Waals surface area contributed by atoms with Gasteiger partial charge in [0.15, 0.2) is 0 Å². The second-order valence-corrected chi connectivity index (χ2v) is 4.67. The molecule has 1 aliphatic carbocycles. The van der Waals surface area contributed by atoms with Crippen LogP contribution in [0.4, 0.5) is 0 Å². The van der Waals surface area contributed by atoms with Crippen molar-refractivity contribution >= 4 is 17.5 Å². The number of rotatable bonds is 4. The predicted octanol–water partition coefficient (Wildman–Crippen LogP) is 2.97. The van der Waals surface area contributed by atoms with Crippen molar-refractivity contribution in [2.45, 2.75) is 25.7 Å². The maximum Gasteiger partial charge on any atom is 0.223 e. The Labute approximate surface area is 101 Å². The van der Waals surface area contributed by atoms with Crippen molar-refractivity contribution in [1.82, 2.24) is 5.32 Å². The zero-order chi connectivity index (χ0) is 11.5. The fourth-order valence-electron chi connectivity index (χ4n) is 1.98. The molecule has 1 saturated carbocycles. The van der Waals surface area contributed by atoms with E-state index in [1.165, 1.54) is 0 Å². The Hall–Kier alpha value is -1.02. The van der Waals surface area contributed by atoms with Crippen molar-refractivity contribution in [2.24, 2.45) is 5.92 Å². The smallest absolute Gasteiger partial charge is 0.223 e. The lowest BCUT2D eigenvalue weighted by atomic mass is 10.1. The molecule has 0 bridgehead atoms. The van der Waals surface area contributed by atoms with Gasteiger partial charge < -0.3 is 5.32 Å². The number of carbonyl (C=O) groups excluding carboxylic acids is 1. The number of benzene rings is 1. The number of nitrogens with one attached hydrogen (secondary N) is 1. The molecular formula is C13H16ClNO. The molecule has 86 valence electrons. The second kappa shape index (κ2) is 4.88. The Morgan fingerprint density at radius 1 is 1.50 bits per heavy atom. The molecule has 0 aliphatic heterocycles. The predicted molar refractivity (Wildman–Crippen MR) is 65.6 cm³/mol. The molecule has 2 atom stereocenters. The van der Waals surface area contributed by atoms with E-state index in [-0.39, 0.29) is 11.8 Å². The highest BCUT2D eigenvalue weighted by Gasteiger charge is 2.44. The first-order valence-corrected chi connectivity index (χ1v) is 6.14. The molecule has 1 fully saturated rings. The van der Waals surface area contributed by atoms with Gasteiger partial charge in [-0.2, -0.15) is 0 Å². The molecule has 1 aliphatic rings. The van der Waals surface area contributed by atoms with E-state index in [0.29, 0.717) is 5.92 Å². The molecule has 2 unspecified atom stereocenters. The van der Waals surface area contributed by atoms with Gasteiger partial charge in [-0.25, -0.2) is 0 Å². The van der Waals surface area contributed by atoms with E-state index >= 15 is 0 Å². The third-order valence-electron chi connectivity index (χ3n) is 2.98. The van der Waals surface area contributed by atoms with Gasteiger partial charge in [-0.3, -0.25) is 4.79 Å². The van der Waals surface area contributed by atoms with Crippen molar-refractivity contribution < 1.29 is 4.79 Å². The molecule has 3 heteroatoms.